The number of nitrogens with zero attached hydrogens (tertiary/aromatic N) is 2. The lowest BCUT2D eigenvalue weighted by molar-refractivity contribution is 0.0377. The van der Waals surface area contributed by atoms with Crippen LogP contribution in [0.4, 0.5) is 4.39 Å². The summed E-state index contributed by atoms with van der Waals surface area (Å²) in [6.45, 7) is 11.2. The van der Waals surface area contributed by atoms with Crippen molar-refractivity contribution in [3.05, 3.63) is 35.1 Å². The predicted molar refractivity (Wildman–Crippen MR) is 101 cm³/mol. The largest absolute Gasteiger partial charge is 0.379 e. The van der Waals surface area contributed by atoms with E-state index in [0.717, 1.165) is 82.4 Å². The summed E-state index contributed by atoms with van der Waals surface area (Å²) >= 11 is 0. The molecule has 1 aliphatic rings. The zero-order valence-corrected chi connectivity index (χ0v) is 15.5. The second-order valence-electron chi connectivity index (χ2n) is 6.32. The molecule has 2 N–H and O–H groups in total. The van der Waals surface area contributed by atoms with Crippen molar-refractivity contribution in [3.8, 4) is 0 Å². The van der Waals surface area contributed by atoms with Crippen LogP contribution in [0, 0.1) is 12.7 Å². The first-order chi connectivity index (χ1) is 12.2. The molecule has 0 radical (unpaired) electrons. The third kappa shape index (κ3) is 7.40. The summed E-state index contributed by atoms with van der Waals surface area (Å²) in [5.41, 5.74) is 2.16. The third-order valence-corrected chi connectivity index (χ3v) is 4.34. The van der Waals surface area contributed by atoms with Crippen LogP contribution in [-0.4, -0.2) is 63.3 Å². The van der Waals surface area contributed by atoms with E-state index in [9.17, 15) is 4.39 Å². The van der Waals surface area contributed by atoms with Crippen LogP contribution in [0.15, 0.2) is 23.2 Å². The Hall–Kier alpha value is -1.66. The minimum atomic E-state index is -0.177. The molecule has 1 fully saturated rings. The number of benzene rings is 1. The van der Waals surface area contributed by atoms with Gasteiger partial charge < -0.3 is 15.4 Å². The highest BCUT2D eigenvalue weighted by Gasteiger charge is 2.09. The number of ether oxygens (including phenoxy) is 1. The first-order valence-corrected chi connectivity index (χ1v) is 9.26. The molecule has 0 amide bonds. The van der Waals surface area contributed by atoms with E-state index in [1.807, 2.05) is 13.0 Å². The molecule has 140 valence electrons. The molecule has 0 unspecified atom stereocenters. The van der Waals surface area contributed by atoms with Crippen molar-refractivity contribution in [2.24, 2.45) is 4.99 Å². The van der Waals surface area contributed by atoms with Gasteiger partial charge in [-0.15, -0.1) is 0 Å². The van der Waals surface area contributed by atoms with Gasteiger partial charge in [-0.3, -0.25) is 9.89 Å². The number of morpholine rings is 1. The lowest BCUT2D eigenvalue weighted by Crippen LogP contribution is -2.39. The average molecular weight is 350 g/mol. The maximum atomic E-state index is 13.2. The number of aliphatic imine (C=N–C) groups is 1. The van der Waals surface area contributed by atoms with E-state index in [-0.39, 0.29) is 5.82 Å². The molecule has 0 atom stereocenters. The van der Waals surface area contributed by atoms with Crippen LogP contribution in [0.2, 0.25) is 0 Å². The van der Waals surface area contributed by atoms with Gasteiger partial charge in [-0.2, -0.15) is 0 Å². The molecule has 0 saturated carbocycles. The molecule has 0 bridgehead atoms. The topological polar surface area (TPSA) is 48.9 Å². The van der Waals surface area contributed by atoms with Crippen LogP contribution in [0.25, 0.3) is 0 Å². The summed E-state index contributed by atoms with van der Waals surface area (Å²) in [6.07, 6.45) is 1.90. The van der Waals surface area contributed by atoms with Crippen molar-refractivity contribution >= 4 is 5.96 Å². The summed E-state index contributed by atoms with van der Waals surface area (Å²) in [4.78, 5) is 7.07. The minimum absolute atomic E-state index is 0.177. The molecule has 25 heavy (non-hydrogen) atoms. The normalized spacial score (nSPS) is 16.0. The van der Waals surface area contributed by atoms with Crippen LogP contribution in [-0.2, 0) is 11.2 Å². The Labute approximate surface area is 150 Å². The van der Waals surface area contributed by atoms with Gasteiger partial charge >= 0.3 is 0 Å². The van der Waals surface area contributed by atoms with Gasteiger partial charge in [-0.1, -0.05) is 6.07 Å². The van der Waals surface area contributed by atoms with E-state index < -0.39 is 0 Å². The Bertz CT molecular complexity index is 544. The fourth-order valence-electron chi connectivity index (χ4n) is 2.91. The van der Waals surface area contributed by atoms with Crippen molar-refractivity contribution in [3.63, 3.8) is 0 Å². The van der Waals surface area contributed by atoms with Gasteiger partial charge in [0.2, 0.25) is 0 Å². The lowest BCUT2D eigenvalue weighted by Gasteiger charge is -2.26. The highest BCUT2D eigenvalue weighted by atomic mass is 19.1. The van der Waals surface area contributed by atoms with Crippen LogP contribution in [0.1, 0.15) is 24.5 Å². The molecule has 0 aliphatic carbocycles. The molecule has 1 heterocycles. The molecule has 1 aromatic rings. The fourth-order valence-corrected chi connectivity index (χ4v) is 2.91. The smallest absolute Gasteiger partial charge is 0.191 e. The van der Waals surface area contributed by atoms with Gasteiger partial charge in [0.25, 0.3) is 0 Å². The summed E-state index contributed by atoms with van der Waals surface area (Å²) in [6, 6.07) is 4.96. The number of hydrogen-bond donors (Lipinski definition) is 2. The molecule has 2 rings (SSSR count). The minimum Gasteiger partial charge on any atom is -0.379 e. The Kier molecular flexibility index (Phi) is 8.69. The molecule has 1 aromatic carbocycles. The number of halogens is 1. The van der Waals surface area contributed by atoms with Crippen LogP contribution >= 0.6 is 0 Å². The third-order valence-electron chi connectivity index (χ3n) is 4.34. The summed E-state index contributed by atoms with van der Waals surface area (Å²) in [7, 11) is 0. The van der Waals surface area contributed by atoms with Crippen LogP contribution < -0.4 is 10.6 Å². The van der Waals surface area contributed by atoms with Crippen molar-refractivity contribution < 1.29 is 9.13 Å². The van der Waals surface area contributed by atoms with Gasteiger partial charge in [0.1, 0.15) is 5.82 Å². The van der Waals surface area contributed by atoms with E-state index in [2.05, 4.69) is 27.4 Å². The maximum Gasteiger partial charge on any atom is 0.191 e. The van der Waals surface area contributed by atoms with E-state index in [0.29, 0.717) is 0 Å². The molecule has 1 saturated heterocycles. The standard InChI is InChI=1S/C19H31FN4O/c1-3-21-19(22-8-4-10-24-11-13-25-14-12-24)23-9-7-17-5-6-18(20)15-16(17)2/h5-6,15H,3-4,7-14H2,1-2H3,(H2,21,22,23). The Morgan fingerprint density at radius 3 is 2.80 bits per heavy atom. The Morgan fingerprint density at radius 2 is 2.08 bits per heavy atom. The van der Waals surface area contributed by atoms with Gasteiger partial charge in [0.15, 0.2) is 5.96 Å². The summed E-state index contributed by atoms with van der Waals surface area (Å²) in [5.74, 6) is 0.675. The SMILES string of the molecule is CCNC(=NCCCN1CCOCC1)NCCc1ccc(F)cc1C. The molecular formula is C19H31FN4O. The van der Waals surface area contributed by atoms with Crippen molar-refractivity contribution in [1.29, 1.82) is 0 Å². The van der Waals surface area contributed by atoms with Crippen molar-refractivity contribution in [2.45, 2.75) is 26.7 Å². The van der Waals surface area contributed by atoms with Crippen molar-refractivity contribution in [2.75, 3.05) is 52.5 Å². The first-order valence-electron chi connectivity index (χ1n) is 9.26. The van der Waals surface area contributed by atoms with Gasteiger partial charge in [0.05, 0.1) is 13.2 Å². The number of aryl methyl sites for hydroxylation is 1. The fraction of sp³-hybridized carbons (Fsp3) is 0.632. The molecule has 0 aromatic heterocycles. The summed E-state index contributed by atoms with van der Waals surface area (Å²) < 4.78 is 18.5. The second-order valence-corrected chi connectivity index (χ2v) is 6.32. The van der Waals surface area contributed by atoms with Gasteiger partial charge in [-0.05, 0) is 49.9 Å². The van der Waals surface area contributed by atoms with E-state index in [1.54, 1.807) is 6.07 Å². The zero-order valence-electron chi connectivity index (χ0n) is 15.5. The first kappa shape index (κ1) is 19.7. The Balaban J connectivity index is 1.71. The molecule has 0 spiro atoms. The predicted octanol–water partition coefficient (Wildman–Crippen LogP) is 1.95. The second kappa shape index (κ2) is 11.1. The molecule has 1 aliphatic heterocycles. The van der Waals surface area contributed by atoms with Crippen molar-refractivity contribution in [1.82, 2.24) is 15.5 Å². The molecular weight excluding hydrogens is 319 g/mol. The summed E-state index contributed by atoms with van der Waals surface area (Å²) in [5, 5.41) is 6.64. The van der Waals surface area contributed by atoms with E-state index in [1.165, 1.54) is 6.07 Å². The van der Waals surface area contributed by atoms with E-state index >= 15 is 0 Å². The average Bonchev–Trinajstić information content (AvgIpc) is 2.61. The van der Waals surface area contributed by atoms with E-state index in [4.69, 9.17) is 4.74 Å². The number of nitrogens with one attached hydrogen (secondary N) is 2. The highest BCUT2D eigenvalue weighted by Crippen LogP contribution is 2.10. The molecule has 5 nitrogen and oxygen atoms in total. The van der Waals surface area contributed by atoms with Crippen LogP contribution in [0.3, 0.4) is 0 Å². The van der Waals surface area contributed by atoms with Gasteiger partial charge in [0, 0.05) is 39.3 Å². The maximum absolute atomic E-state index is 13.2. The molecule has 6 heteroatoms. The highest BCUT2D eigenvalue weighted by molar-refractivity contribution is 5.79. The van der Waals surface area contributed by atoms with Crippen LogP contribution in [0.5, 0.6) is 0 Å². The zero-order chi connectivity index (χ0) is 17.9. The Morgan fingerprint density at radius 1 is 1.28 bits per heavy atom. The quantitative estimate of drug-likeness (QED) is 0.427. The van der Waals surface area contributed by atoms with Gasteiger partial charge in [-0.25, -0.2) is 4.39 Å². The lowest BCUT2D eigenvalue weighted by atomic mass is 10.1. The number of hydrogen-bond acceptors (Lipinski definition) is 3. The monoisotopic (exact) mass is 350 g/mol. The number of guanidine groups is 1. The number of rotatable bonds is 8.